The zero-order chi connectivity index (χ0) is 13.7. The molecule has 1 atom stereocenters. The van der Waals surface area contributed by atoms with E-state index in [1.807, 2.05) is 11.8 Å². The minimum Gasteiger partial charge on any atom is -0.377 e. The van der Waals surface area contributed by atoms with Gasteiger partial charge in [-0.25, -0.2) is 4.98 Å². The van der Waals surface area contributed by atoms with Crippen LogP contribution in [-0.4, -0.2) is 43.2 Å². The molecule has 1 fully saturated rings. The second-order valence-electron chi connectivity index (χ2n) is 4.41. The summed E-state index contributed by atoms with van der Waals surface area (Å²) in [5.74, 6) is -0.629. The molecule has 1 aromatic rings. The SMILES string of the molecule is CCCNC(=O)C1COCCN1c1ccnc(F)c1. The van der Waals surface area contributed by atoms with Crippen LogP contribution in [0.15, 0.2) is 18.3 Å². The first kappa shape index (κ1) is 13.7. The van der Waals surface area contributed by atoms with Gasteiger partial charge in [0.2, 0.25) is 11.9 Å². The third kappa shape index (κ3) is 3.41. The van der Waals surface area contributed by atoms with Crippen molar-refractivity contribution in [2.24, 2.45) is 0 Å². The molecular weight excluding hydrogens is 249 g/mol. The van der Waals surface area contributed by atoms with E-state index < -0.39 is 12.0 Å². The number of anilines is 1. The Kier molecular flexibility index (Phi) is 4.68. The number of hydrogen-bond acceptors (Lipinski definition) is 4. The number of halogens is 1. The van der Waals surface area contributed by atoms with Crippen molar-refractivity contribution >= 4 is 11.6 Å². The largest absolute Gasteiger partial charge is 0.377 e. The van der Waals surface area contributed by atoms with Gasteiger partial charge in [-0.1, -0.05) is 6.92 Å². The van der Waals surface area contributed by atoms with E-state index in [2.05, 4.69) is 10.3 Å². The first-order valence-electron chi connectivity index (χ1n) is 6.46. The fourth-order valence-corrected chi connectivity index (χ4v) is 2.07. The Labute approximate surface area is 111 Å². The van der Waals surface area contributed by atoms with Crippen molar-refractivity contribution in [1.29, 1.82) is 0 Å². The predicted molar refractivity (Wildman–Crippen MR) is 69.4 cm³/mol. The highest BCUT2D eigenvalue weighted by molar-refractivity contribution is 5.85. The van der Waals surface area contributed by atoms with Gasteiger partial charge < -0.3 is 15.0 Å². The third-order valence-electron chi connectivity index (χ3n) is 3.02. The van der Waals surface area contributed by atoms with Gasteiger partial charge in [-0.05, 0) is 12.5 Å². The lowest BCUT2D eigenvalue weighted by atomic mass is 10.2. The van der Waals surface area contributed by atoms with E-state index in [1.54, 1.807) is 6.07 Å². The standard InChI is InChI=1S/C13H18FN3O2/c1-2-4-16-13(18)11-9-19-7-6-17(11)10-3-5-15-12(14)8-10/h3,5,8,11H,2,4,6-7,9H2,1H3,(H,16,18). The van der Waals surface area contributed by atoms with Gasteiger partial charge in [0.1, 0.15) is 6.04 Å². The molecule has 2 heterocycles. The molecule has 19 heavy (non-hydrogen) atoms. The summed E-state index contributed by atoms with van der Waals surface area (Å²) in [7, 11) is 0. The zero-order valence-electron chi connectivity index (χ0n) is 10.9. The molecule has 1 aliphatic rings. The lowest BCUT2D eigenvalue weighted by Crippen LogP contribution is -2.54. The molecule has 0 aromatic carbocycles. The molecule has 0 bridgehead atoms. The number of pyridine rings is 1. The average molecular weight is 267 g/mol. The predicted octanol–water partition coefficient (Wildman–Crippen LogP) is 0.952. The maximum atomic E-state index is 13.2. The van der Waals surface area contributed by atoms with Gasteiger partial charge in [0.25, 0.3) is 0 Å². The summed E-state index contributed by atoms with van der Waals surface area (Å²) in [4.78, 5) is 17.5. The maximum Gasteiger partial charge on any atom is 0.245 e. The van der Waals surface area contributed by atoms with E-state index in [0.717, 1.165) is 6.42 Å². The molecule has 1 saturated heterocycles. The van der Waals surface area contributed by atoms with Gasteiger partial charge in [0, 0.05) is 31.0 Å². The number of nitrogens with zero attached hydrogens (tertiary/aromatic N) is 2. The van der Waals surface area contributed by atoms with Crippen molar-refractivity contribution in [3.63, 3.8) is 0 Å². The Balaban J connectivity index is 2.13. The Morgan fingerprint density at radius 3 is 3.26 bits per heavy atom. The fraction of sp³-hybridized carbons (Fsp3) is 0.538. The summed E-state index contributed by atoms with van der Waals surface area (Å²) in [6, 6.07) is 2.63. The molecular formula is C13H18FN3O2. The third-order valence-corrected chi connectivity index (χ3v) is 3.02. The number of ether oxygens (including phenoxy) is 1. The van der Waals surface area contributed by atoms with E-state index in [4.69, 9.17) is 4.74 Å². The molecule has 0 aliphatic carbocycles. The van der Waals surface area contributed by atoms with Crippen LogP contribution in [0.2, 0.25) is 0 Å². The molecule has 0 saturated carbocycles. The summed E-state index contributed by atoms with van der Waals surface area (Å²) in [5.41, 5.74) is 0.660. The Morgan fingerprint density at radius 1 is 1.68 bits per heavy atom. The number of hydrogen-bond donors (Lipinski definition) is 1. The lowest BCUT2D eigenvalue weighted by molar-refractivity contribution is -0.124. The van der Waals surface area contributed by atoms with Crippen molar-refractivity contribution in [3.8, 4) is 0 Å². The number of carbonyl (C=O) groups is 1. The minimum atomic E-state index is -0.545. The maximum absolute atomic E-state index is 13.2. The van der Waals surface area contributed by atoms with Gasteiger partial charge in [-0.15, -0.1) is 0 Å². The first-order valence-corrected chi connectivity index (χ1v) is 6.46. The van der Waals surface area contributed by atoms with Crippen LogP contribution in [0.5, 0.6) is 0 Å². The number of morpholine rings is 1. The molecule has 104 valence electrons. The topological polar surface area (TPSA) is 54.5 Å². The number of carbonyl (C=O) groups excluding carboxylic acids is 1. The first-order chi connectivity index (χ1) is 9.22. The van der Waals surface area contributed by atoms with Crippen LogP contribution in [0.3, 0.4) is 0 Å². The Bertz CT molecular complexity index is 442. The second kappa shape index (κ2) is 6.47. The van der Waals surface area contributed by atoms with Crippen molar-refractivity contribution in [1.82, 2.24) is 10.3 Å². The van der Waals surface area contributed by atoms with E-state index >= 15 is 0 Å². The molecule has 6 heteroatoms. The van der Waals surface area contributed by atoms with Gasteiger partial charge >= 0.3 is 0 Å². The van der Waals surface area contributed by atoms with Crippen LogP contribution >= 0.6 is 0 Å². The molecule has 0 radical (unpaired) electrons. The molecule has 1 amide bonds. The summed E-state index contributed by atoms with van der Waals surface area (Å²) in [5, 5.41) is 2.85. The molecule has 1 aromatic heterocycles. The summed E-state index contributed by atoms with van der Waals surface area (Å²) in [6.45, 7) is 4.04. The summed E-state index contributed by atoms with van der Waals surface area (Å²) in [6.07, 6.45) is 2.28. The number of rotatable bonds is 4. The van der Waals surface area contributed by atoms with Crippen LogP contribution in [0.25, 0.3) is 0 Å². The second-order valence-corrected chi connectivity index (χ2v) is 4.41. The van der Waals surface area contributed by atoms with E-state index in [0.29, 0.717) is 32.0 Å². The summed E-state index contributed by atoms with van der Waals surface area (Å²) < 4.78 is 18.5. The normalized spacial score (nSPS) is 19.3. The monoisotopic (exact) mass is 267 g/mol. The molecule has 1 unspecified atom stereocenters. The van der Waals surface area contributed by atoms with Crippen LogP contribution < -0.4 is 10.2 Å². The van der Waals surface area contributed by atoms with Crippen LogP contribution in [0.4, 0.5) is 10.1 Å². The van der Waals surface area contributed by atoms with Gasteiger partial charge in [-0.3, -0.25) is 4.79 Å². The van der Waals surface area contributed by atoms with Crippen LogP contribution in [-0.2, 0) is 9.53 Å². The highest BCUT2D eigenvalue weighted by Gasteiger charge is 2.29. The van der Waals surface area contributed by atoms with Crippen molar-refractivity contribution in [3.05, 3.63) is 24.3 Å². The molecule has 2 rings (SSSR count). The van der Waals surface area contributed by atoms with E-state index in [1.165, 1.54) is 12.3 Å². The smallest absolute Gasteiger partial charge is 0.245 e. The lowest BCUT2D eigenvalue weighted by Gasteiger charge is -2.36. The fourth-order valence-electron chi connectivity index (χ4n) is 2.07. The van der Waals surface area contributed by atoms with E-state index in [-0.39, 0.29) is 5.91 Å². The number of aromatic nitrogens is 1. The molecule has 0 spiro atoms. The van der Waals surface area contributed by atoms with Crippen LogP contribution in [0.1, 0.15) is 13.3 Å². The molecule has 5 nitrogen and oxygen atoms in total. The van der Waals surface area contributed by atoms with Crippen molar-refractivity contribution in [2.75, 3.05) is 31.2 Å². The van der Waals surface area contributed by atoms with Crippen molar-refractivity contribution < 1.29 is 13.9 Å². The van der Waals surface area contributed by atoms with E-state index in [9.17, 15) is 9.18 Å². The highest BCUT2D eigenvalue weighted by atomic mass is 19.1. The Morgan fingerprint density at radius 2 is 2.53 bits per heavy atom. The number of amides is 1. The molecule has 1 N–H and O–H groups in total. The average Bonchev–Trinajstić information content (AvgIpc) is 2.45. The summed E-state index contributed by atoms with van der Waals surface area (Å²) >= 11 is 0. The highest BCUT2D eigenvalue weighted by Crippen LogP contribution is 2.19. The van der Waals surface area contributed by atoms with Crippen LogP contribution in [0, 0.1) is 5.95 Å². The number of nitrogens with one attached hydrogen (secondary N) is 1. The Hall–Kier alpha value is -1.69. The molecule has 1 aliphatic heterocycles. The van der Waals surface area contributed by atoms with Crippen molar-refractivity contribution in [2.45, 2.75) is 19.4 Å². The zero-order valence-corrected chi connectivity index (χ0v) is 10.9. The van der Waals surface area contributed by atoms with Gasteiger partial charge in [0.15, 0.2) is 0 Å². The quantitative estimate of drug-likeness (QED) is 0.825. The van der Waals surface area contributed by atoms with Gasteiger partial charge in [-0.2, -0.15) is 4.39 Å². The van der Waals surface area contributed by atoms with Gasteiger partial charge in [0.05, 0.1) is 13.2 Å². The minimum absolute atomic E-state index is 0.0845.